The van der Waals surface area contributed by atoms with E-state index in [4.69, 9.17) is 4.74 Å². The molecule has 0 bridgehead atoms. The third-order valence-electron chi connectivity index (χ3n) is 2.45. The minimum Gasteiger partial charge on any atom is -0.494 e. The number of ether oxygens (including phenoxy) is 2. The van der Waals surface area contributed by atoms with Gasteiger partial charge in [0.2, 0.25) is 0 Å². The molecule has 5 heteroatoms. The van der Waals surface area contributed by atoms with Crippen molar-refractivity contribution in [2.24, 2.45) is 0 Å². The van der Waals surface area contributed by atoms with Gasteiger partial charge in [-0.3, -0.25) is 9.59 Å². The van der Waals surface area contributed by atoms with E-state index in [1.807, 2.05) is 0 Å². The monoisotopic (exact) mass is 224 g/mol. The predicted molar refractivity (Wildman–Crippen MR) is 51.4 cm³/mol. The fourth-order valence-electron chi connectivity index (χ4n) is 1.62. The molecule has 1 aliphatic heterocycles. The van der Waals surface area contributed by atoms with Gasteiger partial charge in [-0.05, 0) is 17.7 Å². The summed E-state index contributed by atoms with van der Waals surface area (Å²) in [6.45, 7) is 0. The quantitative estimate of drug-likeness (QED) is 0.562. The van der Waals surface area contributed by atoms with E-state index in [1.165, 1.54) is 25.3 Å². The third kappa shape index (κ3) is 1.76. The van der Waals surface area contributed by atoms with Crippen molar-refractivity contribution in [2.45, 2.75) is 12.3 Å². The molecule has 1 saturated heterocycles. The minimum atomic E-state index is -0.651. The van der Waals surface area contributed by atoms with Crippen molar-refractivity contribution in [3.63, 3.8) is 0 Å². The number of carbonyl (C=O) groups excluding carboxylic acids is 2. The Bertz CT molecular complexity index is 455. The van der Waals surface area contributed by atoms with Crippen molar-refractivity contribution in [2.75, 3.05) is 7.11 Å². The Morgan fingerprint density at radius 3 is 2.75 bits per heavy atom. The second-order valence-electron chi connectivity index (χ2n) is 3.44. The summed E-state index contributed by atoms with van der Waals surface area (Å²) in [6, 6.07) is 4.05. The molecule has 0 aromatic heterocycles. The lowest BCUT2D eigenvalue weighted by Gasteiger charge is -2.07. The van der Waals surface area contributed by atoms with Crippen molar-refractivity contribution in [3.05, 3.63) is 29.6 Å². The second kappa shape index (κ2) is 3.92. The average Bonchev–Trinajstić information content (AvgIpc) is 2.59. The molecule has 1 unspecified atom stereocenters. The number of cyclic esters (lactones) is 2. The van der Waals surface area contributed by atoms with E-state index in [1.54, 1.807) is 0 Å². The molecule has 0 saturated carbocycles. The highest BCUT2D eigenvalue weighted by Crippen LogP contribution is 2.30. The Morgan fingerprint density at radius 2 is 2.19 bits per heavy atom. The fourth-order valence-corrected chi connectivity index (χ4v) is 1.62. The Balaban J connectivity index is 2.34. The lowest BCUT2D eigenvalue weighted by atomic mass is 9.97. The topological polar surface area (TPSA) is 52.6 Å². The van der Waals surface area contributed by atoms with Crippen LogP contribution in [0.15, 0.2) is 18.2 Å². The summed E-state index contributed by atoms with van der Waals surface area (Å²) in [6.07, 6.45) is -0.00633. The van der Waals surface area contributed by atoms with Crippen molar-refractivity contribution in [1.82, 2.24) is 0 Å². The van der Waals surface area contributed by atoms with Crippen LogP contribution >= 0.6 is 0 Å². The number of hydrogen-bond acceptors (Lipinski definition) is 4. The lowest BCUT2D eigenvalue weighted by Crippen LogP contribution is -2.06. The SMILES string of the molecule is COc1cc(C2CC(=O)OC2=O)ccc1F. The molecule has 1 atom stereocenters. The molecule has 16 heavy (non-hydrogen) atoms. The number of hydrogen-bond donors (Lipinski definition) is 0. The van der Waals surface area contributed by atoms with Gasteiger partial charge >= 0.3 is 11.9 Å². The van der Waals surface area contributed by atoms with Crippen LogP contribution in [0.25, 0.3) is 0 Å². The normalized spacial score (nSPS) is 19.8. The number of methoxy groups -OCH3 is 1. The Hall–Kier alpha value is -1.91. The van der Waals surface area contributed by atoms with Crippen LogP contribution < -0.4 is 4.74 Å². The van der Waals surface area contributed by atoms with Crippen molar-refractivity contribution in [1.29, 1.82) is 0 Å². The Kier molecular flexibility index (Phi) is 2.60. The molecule has 1 aromatic carbocycles. The smallest absolute Gasteiger partial charge is 0.321 e. The first-order valence-electron chi connectivity index (χ1n) is 4.70. The average molecular weight is 224 g/mol. The molecule has 1 fully saturated rings. The molecule has 0 N–H and O–H groups in total. The van der Waals surface area contributed by atoms with E-state index in [0.717, 1.165) is 0 Å². The zero-order valence-electron chi connectivity index (χ0n) is 8.53. The number of esters is 2. The molecule has 1 heterocycles. The highest BCUT2D eigenvalue weighted by Gasteiger charge is 2.34. The van der Waals surface area contributed by atoms with Gasteiger partial charge in [0.25, 0.3) is 0 Å². The van der Waals surface area contributed by atoms with E-state index in [2.05, 4.69) is 4.74 Å². The zero-order valence-corrected chi connectivity index (χ0v) is 8.53. The maximum atomic E-state index is 13.1. The summed E-state index contributed by atoms with van der Waals surface area (Å²) in [5, 5.41) is 0. The van der Waals surface area contributed by atoms with Crippen LogP contribution in [-0.2, 0) is 14.3 Å². The van der Waals surface area contributed by atoms with Crippen LogP contribution in [0, 0.1) is 5.82 Å². The van der Waals surface area contributed by atoms with Crippen LogP contribution in [0.2, 0.25) is 0 Å². The first kappa shape index (κ1) is 10.6. The molecule has 0 spiro atoms. The fraction of sp³-hybridized carbons (Fsp3) is 0.273. The zero-order chi connectivity index (χ0) is 11.7. The molecule has 1 aromatic rings. The van der Waals surface area contributed by atoms with Gasteiger partial charge in [0, 0.05) is 0 Å². The predicted octanol–water partition coefficient (Wildman–Crippen LogP) is 1.39. The summed E-state index contributed by atoms with van der Waals surface area (Å²) in [5.41, 5.74) is 0.522. The highest BCUT2D eigenvalue weighted by atomic mass is 19.1. The van der Waals surface area contributed by atoms with Gasteiger partial charge in [0.15, 0.2) is 11.6 Å². The van der Waals surface area contributed by atoms with E-state index < -0.39 is 23.7 Å². The molecule has 0 aliphatic carbocycles. The number of benzene rings is 1. The molecular formula is C11H9FO4. The van der Waals surface area contributed by atoms with Crippen LogP contribution in [-0.4, -0.2) is 19.0 Å². The number of halogens is 1. The first-order valence-corrected chi connectivity index (χ1v) is 4.70. The van der Waals surface area contributed by atoms with E-state index in [-0.39, 0.29) is 12.2 Å². The molecule has 2 rings (SSSR count). The highest BCUT2D eigenvalue weighted by molar-refractivity contribution is 5.97. The first-order chi connectivity index (χ1) is 7.61. The van der Waals surface area contributed by atoms with Crippen LogP contribution in [0.3, 0.4) is 0 Å². The van der Waals surface area contributed by atoms with E-state index in [9.17, 15) is 14.0 Å². The van der Waals surface area contributed by atoms with Gasteiger partial charge in [-0.25, -0.2) is 4.39 Å². The summed E-state index contributed by atoms with van der Waals surface area (Å²) in [4.78, 5) is 22.2. The van der Waals surface area contributed by atoms with E-state index >= 15 is 0 Å². The molecule has 0 amide bonds. The van der Waals surface area contributed by atoms with Gasteiger partial charge in [-0.2, -0.15) is 0 Å². The van der Waals surface area contributed by atoms with Crippen molar-refractivity contribution >= 4 is 11.9 Å². The minimum absolute atomic E-state index is 0.00633. The number of rotatable bonds is 2. The third-order valence-corrected chi connectivity index (χ3v) is 2.45. The Morgan fingerprint density at radius 1 is 1.44 bits per heavy atom. The summed E-state index contributed by atoms with van der Waals surface area (Å²) < 4.78 is 22.3. The largest absolute Gasteiger partial charge is 0.494 e. The molecule has 1 aliphatic rings. The second-order valence-corrected chi connectivity index (χ2v) is 3.44. The standard InChI is InChI=1S/C11H9FO4/c1-15-9-4-6(2-3-8(9)12)7-5-10(13)16-11(7)14/h2-4,7H,5H2,1H3. The maximum Gasteiger partial charge on any atom is 0.321 e. The lowest BCUT2D eigenvalue weighted by molar-refractivity contribution is -0.152. The maximum absolute atomic E-state index is 13.1. The van der Waals surface area contributed by atoms with Crippen LogP contribution in [0.4, 0.5) is 4.39 Å². The van der Waals surface area contributed by atoms with Crippen molar-refractivity contribution < 1.29 is 23.5 Å². The van der Waals surface area contributed by atoms with Gasteiger partial charge in [-0.1, -0.05) is 6.07 Å². The van der Waals surface area contributed by atoms with Crippen LogP contribution in [0.1, 0.15) is 17.9 Å². The molecule has 4 nitrogen and oxygen atoms in total. The Labute approximate surface area is 91.0 Å². The van der Waals surface area contributed by atoms with Gasteiger partial charge in [0.1, 0.15) is 0 Å². The number of carbonyl (C=O) groups is 2. The van der Waals surface area contributed by atoms with E-state index in [0.29, 0.717) is 5.56 Å². The van der Waals surface area contributed by atoms with Gasteiger partial charge in [-0.15, -0.1) is 0 Å². The van der Waals surface area contributed by atoms with Gasteiger partial charge in [0.05, 0.1) is 19.4 Å². The molecular weight excluding hydrogens is 215 g/mol. The molecule has 0 radical (unpaired) electrons. The van der Waals surface area contributed by atoms with Crippen LogP contribution in [0.5, 0.6) is 5.75 Å². The summed E-state index contributed by atoms with van der Waals surface area (Å²) >= 11 is 0. The van der Waals surface area contributed by atoms with Crippen molar-refractivity contribution in [3.8, 4) is 5.75 Å². The van der Waals surface area contributed by atoms with Gasteiger partial charge < -0.3 is 9.47 Å². The summed E-state index contributed by atoms with van der Waals surface area (Å²) in [7, 11) is 1.33. The summed E-state index contributed by atoms with van der Waals surface area (Å²) in [5.74, 6) is -2.27. The molecule has 84 valence electrons.